The largest absolute Gasteiger partial charge is 0.419 e. The summed E-state index contributed by atoms with van der Waals surface area (Å²) in [7, 11) is -3.52. The van der Waals surface area contributed by atoms with Gasteiger partial charge in [0.25, 0.3) is 0 Å². The van der Waals surface area contributed by atoms with Gasteiger partial charge in [0.15, 0.2) is 0 Å². The SMILES string of the molecule is CCN(CC)CCCNc1oc(-c2ccc(S(=O)(=O)N(CC)CC)cc2)nc1C#N. The number of nitriles is 1. The van der Waals surface area contributed by atoms with Crippen LogP contribution in [0.1, 0.15) is 39.8 Å². The average molecular weight is 434 g/mol. The standard InChI is InChI=1S/C21H31N5O3S/c1-5-25(6-2)15-9-14-23-21-19(16-22)24-20(29-21)17-10-12-18(13-11-17)30(27,28)26(7-3)8-4/h10-13,23H,5-9,14-15H2,1-4H3. The van der Waals surface area contributed by atoms with Gasteiger partial charge in [-0.15, -0.1) is 0 Å². The van der Waals surface area contributed by atoms with Gasteiger partial charge in [0.1, 0.15) is 6.07 Å². The van der Waals surface area contributed by atoms with Gasteiger partial charge in [-0.25, -0.2) is 8.42 Å². The maximum absolute atomic E-state index is 12.6. The molecule has 0 amide bonds. The van der Waals surface area contributed by atoms with Crippen LogP contribution in [0.25, 0.3) is 11.5 Å². The number of benzene rings is 1. The lowest BCUT2D eigenvalue weighted by molar-refractivity contribution is 0.302. The summed E-state index contributed by atoms with van der Waals surface area (Å²) in [6, 6.07) is 8.41. The van der Waals surface area contributed by atoms with Crippen molar-refractivity contribution < 1.29 is 12.8 Å². The van der Waals surface area contributed by atoms with E-state index >= 15 is 0 Å². The highest BCUT2D eigenvalue weighted by atomic mass is 32.2. The molecule has 164 valence electrons. The zero-order chi connectivity index (χ0) is 22.1. The Morgan fingerprint density at radius 3 is 2.23 bits per heavy atom. The fraction of sp³-hybridized carbons (Fsp3) is 0.524. The number of sulfonamides is 1. The van der Waals surface area contributed by atoms with Crippen LogP contribution in [0.15, 0.2) is 33.6 Å². The van der Waals surface area contributed by atoms with Crippen molar-refractivity contribution in [3.8, 4) is 17.5 Å². The summed E-state index contributed by atoms with van der Waals surface area (Å²) < 4.78 is 32.4. The Morgan fingerprint density at radius 1 is 1.07 bits per heavy atom. The molecule has 0 aliphatic rings. The van der Waals surface area contributed by atoms with Gasteiger partial charge in [0, 0.05) is 25.2 Å². The number of aromatic nitrogens is 1. The molecule has 30 heavy (non-hydrogen) atoms. The third kappa shape index (κ3) is 5.59. The van der Waals surface area contributed by atoms with E-state index < -0.39 is 10.0 Å². The summed E-state index contributed by atoms with van der Waals surface area (Å²) in [5.41, 5.74) is 0.800. The Labute approximate surface area is 179 Å². The molecule has 0 radical (unpaired) electrons. The van der Waals surface area contributed by atoms with Gasteiger partial charge in [-0.05, 0) is 50.3 Å². The molecule has 0 atom stereocenters. The van der Waals surface area contributed by atoms with E-state index in [1.807, 2.05) is 19.9 Å². The van der Waals surface area contributed by atoms with Crippen LogP contribution in [0.5, 0.6) is 0 Å². The molecule has 1 heterocycles. The summed E-state index contributed by atoms with van der Waals surface area (Å²) in [6.45, 7) is 12.3. The molecule has 2 aromatic rings. The summed E-state index contributed by atoms with van der Waals surface area (Å²) in [5, 5.41) is 12.5. The topological polar surface area (TPSA) is 102 Å². The zero-order valence-electron chi connectivity index (χ0n) is 18.2. The lowest BCUT2D eigenvalue weighted by atomic mass is 10.2. The molecule has 0 aliphatic heterocycles. The number of nitrogens with one attached hydrogen (secondary N) is 1. The minimum absolute atomic E-state index is 0.188. The maximum atomic E-state index is 12.6. The van der Waals surface area contributed by atoms with E-state index in [2.05, 4.69) is 29.0 Å². The van der Waals surface area contributed by atoms with Crippen LogP contribution >= 0.6 is 0 Å². The monoisotopic (exact) mass is 433 g/mol. The Hall–Kier alpha value is -2.41. The third-order valence-electron chi connectivity index (χ3n) is 5.01. The average Bonchev–Trinajstić information content (AvgIpc) is 3.18. The second-order valence-corrected chi connectivity index (χ2v) is 8.67. The fourth-order valence-corrected chi connectivity index (χ4v) is 4.62. The van der Waals surface area contributed by atoms with Crippen molar-refractivity contribution in [1.29, 1.82) is 5.26 Å². The molecule has 8 nitrogen and oxygen atoms in total. The number of anilines is 1. The van der Waals surface area contributed by atoms with Crippen LogP contribution in [-0.2, 0) is 10.0 Å². The van der Waals surface area contributed by atoms with Crippen molar-refractivity contribution in [3.05, 3.63) is 30.0 Å². The van der Waals surface area contributed by atoms with E-state index in [-0.39, 0.29) is 16.5 Å². The van der Waals surface area contributed by atoms with Gasteiger partial charge < -0.3 is 14.6 Å². The van der Waals surface area contributed by atoms with Crippen molar-refractivity contribution in [2.24, 2.45) is 0 Å². The van der Waals surface area contributed by atoms with E-state index in [4.69, 9.17) is 4.42 Å². The van der Waals surface area contributed by atoms with Crippen LogP contribution in [-0.4, -0.2) is 61.9 Å². The van der Waals surface area contributed by atoms with Gasteiger partial charge >= 0.3 is 0 Å². The second-order valence-electron chi connectivity index (χ2n) is 6.73. The third-order valence-corrected chi connectivity index (χ3v) is 7.07. The van der Waals surface area contributed by atoms with Gasteiger partial charge in [-0.2, -0.15) is 14.6 Å². The summed E-state index contributed by atoms with van der Waals surface area (Å²) in [4.78, 5) is 6.79. The quantitative estimate of drug-likeness (QED) is 0.512. The summed E-state index contributed by atoms with van der Waals surface area (Å²) in [5.74, 6) is 0.622. The Bertz CT molecular complexity index is 940. The molecule has 0 spiro atoms. The second kappa shape index (κ2) is 11.1. The van der Waals surface area contributed by atoms with Crippen molar-refractivity contribution in [2.75, 3.05) is 44.6 Å². The van der Waals surface area contributed by atoms with Crippen molar-refractivity contribution >= 4 is 15.9 Å². The summed E-state index contributed by atoms with van der Waals surface area (Å²) >= 11 is 0. The first-order chi connectivity index (χ1) is 14.4. The van der Waals surface area contributed by atoms with Gasteiger partial charge in [-0.1, -0.05) is 27.7 Å². The van der Waals surface area contributed by atoms with Crippen LogP contribution in [0.2, 0.25) is 0 Å². The van der Waals surface area contributed by atoms with Gasteiger partial charge in [-0.3, -0.25) is 0 Å². The van der Waals surface area contributed by atoms with Gasteiger partial charge in [0.05, 0.1) is 4.90 Å². The molecule has 0 fully saturated rings. The van der Waals surface area contributed by atoms with Gasteiger partial charge in [0.2, 0.25) is 27.5 Å². The number of rotatable bonds is 12. The normalized spacial score (nSPS) is 11.8. The highest BCUT2D eigenvalue weighted by molar-refractivity contribution is 7.89. The van der Waals surface area contributed by atoms with Crippen molar-refractivity contribution in [2.45, 2.75) is 39.0 Å². The van der Waals surface area contributed by atoms with Crippen LogP contribution < -0.4 is 5.32 Å². The smallest absolute Gasteiger partial charge is 0.243 e. The number of hydrogen-bond acceptors (Lipinski definition) is 7. The van der Waals surface area contributed by atoms with Crippen LogP contribution in [0, 0.1) is 11.3 Å². The lowest BCUT2D eigenvalue weighted by Gasteiger charge is -2.18. The molecule has 9 heteroatoms. The predicted molar refractivity (Wildman–Crippen MR) is 118 cm³/mol. The number of nitrogens with zero attached hydrogens (tertiary/aromatic N) is 4. The van der Waals surface area contributed by atoms with E-state index in [1.54, 1.807) is 12.1 Å². The Kier molecular flexibility index (Phi) is 8.84. The van der Waals surface area contributed by atoms with Crippen molar-refractivity contribution in [3.63, 3.8) is 0 Å². The van der Waals surface area contributed by atoms with E-state index in [0.717, 1.165) is 26.1 Å². The van der Waals surface area contributed by atoms with Crippen molar-refractivity contribution in [1.82, 2.24) is 14.2 Å². The molecule has 1 aromatic heterocycles. The molecule has 0 saturated carbocycles. The minimum Gasteiger partial charge on any atom is -0.419 e. The fourth-order valence-electron chi connectivity index (χ4n) is 3.17. The van der Waals surface area contributed by atoms with Crippen LogP contribution in [0.4, 0.5) is 5.88 Å². The van der Waals surface area contributed by atoms with E-state index in [0.29, 0.717) is 31.1 Å². The zero-order valence-corrected chi connectivity index (χ0v) is 19.0. The molecule has 0 unspecified atom stereocenters. The maximum Gasteiger partial charge on any atom is 0.243 e. The first-order valence-electron chi connectivity index (χ1n) is 10.4. The molecule has 0 saturated heterocycles. The molecule has 1 aromatic carbocycles. The predicted octanol–water partition coefficient (Wildman–Crippen LogP) is 3.39. The Balaban J connectivity index is 2.12. The highest BCUT2D eigenvalue weighted by Gasteiger charge is 2.22. The molecular formula is C21H31N5O3S. The highest BCUT2D eigenvalue weighted by Crippen LogP contribution is 2.27. The summed E-state index contributed by atoms with van der Waals surface area (Å²) in [6.07, 6.45) is 0.917. The minimum atomic E-state index is -3.52. The molecular weight excluding hydrogens is 402 g/mol. The molecule has 2 rings (SSSR count). The van der Waals surface area contributed by atoms with E-state index in [9.17, 15) is 13.7 Å². The van der Waals surface area contributed by atoms with Crippen LogP contribution in [0.3, 0.4) is 0 Å². The van der Waals surface area contributed by atoms with E-state index in [1.165, 1.54) is 16.4 Å². The first-order valence-corrected chi connectivity index (χ1v) is 11.8. The number of hydrogen-bond donors (Lipinski definition) is 1. The molecule has 1 N–H and O–H groups in total. The number of oxazole rings is 1. The lowest BCUT2D eigenvalue weighted by Crippen LogP contribution is -2.30. The molecule has 0 aliphatic carbocycles. The first kappa shape index (κ1) is 23.9. The molecule has 0 bridgehead atoms. The Morgan fingerprint density at radius 2 is 1.70 bits per heavy atom.